The summed E-state index contributed by atoms with van der Waals surface area (Å²) in [4.78, 5) is 16.4. The zero-order chi connectivity index (χ0) is 35.1. The number of pyridine rings is 1. The summed E-state index contributed by atoms with van der Waals surface area (Å²) >= 11 is 0. The number of ether oxygens (including phenoxy) is 4. The van der Waals surface area contributed by atoms with E-state index in [4.69, 9.17) is 29.8 Å². The smallest absolute Gasteiger partial charge is 0.310 e. The summed E-state index contributed by atoms with van der Waals surface area (Å²) in [5.41, 5.74) is 8.32. The normalized spacial score (nSPS) is 24.0. The second kappa shape index (κ2) is 16.2. The van der Waals surface area contributed by atoms with E-state index in [9.17, 15) is 25.2 Å². The molecule has 13 heteroatoms. The van der Waals surface area contributed by atoms with Crippen molar-refractivity contribution in [3.05, 3.63) is 77.5 Å². The fourth-order valence-corrected chi connectivity index (χ4v) is 6.89. The number of carboxylic acid groups (broad SMARTS) is 1. The zero-order valence-electron chi connectivity index (χ0n) is 27.6. The number of anilines is 1. The molecule has 8 N–H and O–H groups in total. The predicted molar refractivity (Wildman–Crippen MR) is 180 cm³/mol. The van der Waals surface area contributed by atoms with E-state index in [1.807, 2.05) is 19.1 Å². The van der Waals surface area contributed by atoms with Crippen molar-refractivity contribution in [3.8, 4) is 28.7 Å². The van der Waals surface area contributed by atoms with Crippen LogP contribution in [-0.4, -0.2) is 81.8 Å². The molecule has 2 aromatic carbocycles. The number of nitrogens with two attached hydrogens (primary N) is 1. The van der Waals surface area contributed by atoms with E-state index in [0.29, 0.717) is 43.6 Å². The van der Waals surface area contributed by atoms with Crippen LogP contribution in [0.1, 0.15) is 54.9 Å². The Kier molecular flexibility index (Phi) is 11.8. The Morgan fingerprint density at radius 2 is 1.86 bits per heavy atom. The lowest BCUT2D eigenvalue weighted by atomic mass is 9.79. The lowest BCUT2D eigenvalue weighted by Gasteiger charge is -2.34. The number of nitrogens with one attached hydrogen (secondary N) is 1. The number of hydrogen-bond acceptors (Lipinski definition) is 12. The molecule has 0 amide bonds. The van der Waals surface area contributed by atoms with Crippen molar-refractivity contribution < 1.29 is 49.3 Å². The molecule has 2 heterocycles. The van der Waals surface area contributed by atoms with Crippen LogP contribution >= 0.6 is 0 Å². The number of nitrogen functional groups attached to an aromatic ring is 1. The van der Waals surface area contributed by atoms with Gasteiger partial charge >= 0.3 is 5.97 Å². The Bertz CT molecular complexity index is 1620. The van der Waals surface area contributed by atoms with Gasteiger partial charge < -0.3 is 55.5 Å². The van der Waals surface area contributed by atoms with Crippen molar-refractivity contribution in [3.63, 3.8) is 0 Å². The van der Waals surface area contributed by atoms with Crippen LogP contribution in [0.3, 0.4) is 0 Å². The first kappa shape index (κ1) is 35.7. The standard InChI is InChI=1S/C36H45N3O10/c1-3-38-27(34-25(7-8-26(34)36(44)45)21-10-11-39-33(37)15-21)18-47-32-14-22(13-31(46-2)35(32)43)29-17-23(41)16-24(49-29)6-4-20-5-9-28(42)30(12-20)48-19-40/h5,7-15,23-27,29,34,38,40-43H,3-4,6,16-19H2,1-2H3,(H2,37,39)(H,44,45)/t23-,24-,25-,26-,27+,29+,34+/m0/s1. The van der Waals surface area contributed by atoms with E-state index >= 15 is 0 Å². The fourth-order valence-electron chi connectivity index (χ4n) is 6.89. The number of carboxylic acids is 1. The molecule has 1 fully saturated rings. The topological polar surface area (TPSA) is 206 Å². The molecule has 7 atom stereocenters. The van der Waals surface area contributed by atoms with Gasteiger partial charge in [0.15, 0.2) is 29.8 Å². The Morgan fingerprint density at radius 1 is 1.06 bits per heavy atom. The monoisotopic (exact) mass is 679 g/mol. The summed E-state index contributed by atoms with van der Waals surface area (Å²) in [7, 11) is 1.43. The quantitative estimate of drug-likeness (QED) is 0.0906. The van der Waals surface area contributed by atoms with E-state index in [-0.39, 0.29) is 47.4 Å². The number of allylic oxidation sites excluding steroid dienone is 1. The third-order valence-electron chi connectivity index (χ3n) is 9.21. The highest BCUT2D eigenvalue weighted by molar-refractivity contribution is 5.74. The Labute approximate surface area is 284 Å². The molecule has 1 aromatic heterocycles. The number of carbonyl (C=O) groups is 1. The van der Waals surface area contributed by atoms with Gasteiger partial charge in [0, 0.05) is 30.5 Å². The first-order chi connectivity index (χ1) is 23.6. The Balaban J connectivity index is 1.34. The molecular formula is C36H45N3O10. The molecule has 2 aliphatic rings. The molecule has 0 spiro atoms. The summed E-state index contributed by atoms with van der Waals surface area (Å²) < 4.78 is 23.3. The number of aliphatic hydroxyl groups is 2. The average Bonchev–Trinajstić information content (AvgIpc) is 3.53. The van der Waals surface area contributed by atoms with E-state index in [2.05, 4.69) is 10.3 Å². The van der Waals surface area contributed by atoms with Crippen molar-refractivity contribution >= 4 is 11.8 Å². The summed E-state index contributed by atoms with van der Waals surface area (Å²) in [5.74, 6) is -1.88. The SMILES string of the molecule is CCN[C@H](COc1cc([C@H]2C[C@@H](O)C[C@H](CCc3ccc(O)c(OCO)c3)O2)cc(OC)c1O)[C@H]1[C@@H](C(=O)O)C=C[C@H]1c1ccnc(N)c1. The second-order valence-corrected chi connectivity index (χ2v) is 12.4. The molecule has 49 heavy (non-hydrogen) atoms. The number of aromatic hydroxyl groups is 2. The number of nitrogens with zero attached hydrogens (tertiary/aromatic N) is 1. The van der Waals surface area contributed by atoms with Crippen LogP contribution in [0.5, 0.6) is 28.7 Å². The summed E-state index contributed by atoms with van der Waals surface area (Å²) in [5, 5.41) is 54.5. The first-order valence-electron chi connectivity index (χ1n) is 16.4. The number of hydrogen-bond donors (Lipinski definition) is 7. The molecule has 1 aliphatic carbocycles. The minimum atomic E-state index is -0.952. The summed E-state index contributed by atoms with van der Waals surface area (Å²) in [6, 6.07) is 11.4. The van der Waals surface area contributed by atoms with Crippen molar-refractivity contribution in [1.82, 2.24) is 10.3 Å². The molecule has 3 aromatic rings. The average molecular weight is 680 g/mol. The molecule has 0 bridgehead atoms. The van der Waals surface area contributed by atoms with Crippen molar-refractivity contribution in [2.75, 3.05) is 32.8 Å². The molecule has 0 unspecified atom stereocenters. The number of phenolic OH excluding ortho intramolecular Hbond substituents is 2. The fraction of sp³-hybridized carbons (Fsp3) is 0.444. The number of benzene rings is 2. The van der Waals surface area contributed by atoms with Crippen LogP contribution in [0.15, 0.2) is 60.8 Å². The van der Waals surface area contributed by atoms with Crippen LogP contribution < -0.4 is 25.3 Å². The highest BCUT2D eigenvalue weighted by atomic mass is 16.6. The highest BCUT2D eigenvalue weighted by Gasteiger charge is 2.42. The maximum Gasteiger partial charge on any atom is 0.310 e. The van der Waals surface area contributed by atoms with Crippen molar-refractivity contribution in [2.45, 2.75) is 62.9 Å². The van der Waals surface area contributed by atoms with Crippen LogP contribution in [-0.2, 0) is 16.0 Å². The number of likely N-dealkylation sites (N-methyl/N-ethyl adjacent to an activating group) is 1. The van der Waals surface area contributed by atoms with Crippen LogP contribution in [0, 0.1) is 11.8 Å². The van der Waals surface area contributed by atoms with Crippen LogP contribution in [0.4, 0.5) is 5.82 Å². The molecule has 264 valence electrons. The Hall–Kier alpha value is -4.56. The lowest BCUT2D eigenvalue weighted by molar-refractivity contribution is -0.142. The minimum absolute atomic E-state index is 0.0343. The summed E-state index contributed by atoms with van der Waals surface area (Å²) in [6.45, 7) is 1.95. The maximum atomic E-state index is 12.4. The zero-order valence-corrected chi connectivity index (χ0v) is 27.6. The number of aromatic nitrogens is 1. The van der Waals surface area contributed by atoms with Crippen LogP contribution in [0.25, 0.3) is 0 Å². The maximum absolute atomic E-state index is 12.4. The van der Waals surface area contributed by atoms with Gasteiger partial charge in [0.25, 0.3) is 0 Å². The largest absolute Gasteiger partial charge is 0.504 e. The van der Waals surface area contributed by atoms with Crippen LogP contribution in [0.2, 0.25) is 0 Å². The number of aliphatic carboxylic acids is 1. The molecular weight excluding hydrogens is 634 g/mol. The predicted octanol–water partition coefficient (Wildman–Crippen LogP) is 3.65. The third kappa shape index (κ3) is 8.54. The molecule has 13 nitrogen and oxygen atoms in total. The van der Waals surface area contributed by atoms with Gasteiger partial charge in [-0.05, 0) is 78.9 Å². The van der Waals surface area contributed by atoms with Gasteiger partial charge in [0.05, 0.1) is 31.3 Å². The van der Waals surface area contributed by atoms with E-state index in [1.54, 1.807) is 42.6 Å². The minimum Gasteiger partial charge on any atom is -0.504 e. The molecule has 1 aliphatic heterocycles. The molecule has 0 radical (unpaired) electrons. The van der Waals surface area contributed by atoms with Gasteiger partial charge in [-0.2, -0.15) is 0 Å². The van der Waals surface area contributed by atoms with Gasteiger partial charge in [-0.3, -0.25) is 4.79 Å². The summed E-state index contributed by atoms with van der Waals surface area (Å²) in [6.07, 6.45) is 5.63. The highest BCUT2D eigenvalue weighted by Crippen LogP contribution is 2.44. The van der Waals surface area contributed by atoms with Gasteiger partial charge in [-0.1, -0.05) is 25.1 Å². The van der Waals surface area contributed by atoms with Gasteiger partial charge in [-0.15, -0.1) is 0 Å². The second-order valence-electron chi connectivity index (χ2n) is 12.4. The molecule has 5 rings (SSSR count). The third-order valence-corrected chi connectivity index (χ3v) is 9.21. The lowest BCUT2D eigenvalue weighted by Crippen LogP contribution is -2.46. The van der Waals surface area contributed by atoms with E-state index in [0.717, 1.165) is 11.1 Å². The van der Waals surface area contributed by atoms with E-state index in [1.165, 1.54) is 13.2 Å². The number of phenols is 2. The Morgan fingerprint density at radius 3 is 2.57 bits per heavy atom. The van der Waals surface area contributed by atoms with E-state index < -0.39 is 42.8 Å². The van der Waals surface area contributed by atoms with Gasteiger partial charge in [0.1, 0.15) is 12.4 Å². The van der Waals surface area contributed by atoms with Crippen molar-refractivity contribution in [1.29, 1.82) is 0 Å². The number of aryl methyl sites for hydroxylation is 1. The molecule has 1 saturated heterocycles. The number of methoxy groups -OCH3 is 1. The van der Waals surface area contributed by atoms with Gasteiger partial charge in [-0.25, -0.2) is 4.98 Å². The first-order valence-corrected chi connectivity index (χ1v) is 16.4. The number of rotatable bonds is 15. The number of aliphatic hydroxyl groups excluding tert-OH is 2. The molecule has 0 saturated carbocycles. The van der Waals surface area contributed by atoms with Crippen molar-refractivity contribution in [2.24, 2.45) is 11.8 Å². The van der Waals surface area contributed by atoms with Gasteiger partial charge in [0.2, 0.25) is 5.75 Å².